The third kappa shape index (κ3) is 7.42. The molecular formula is C26H29ClN3NaO4S. The van der Waals surface area contributed by atoms with Crippen LogP contribution in [0.3, 0.4) is 0 Å². The number of aryl methyl sites for hydroxylation is 1. The van der Waals surface area contributed by atoms with E-state index in [4.69, 9.17) is 16.1 Å². The Kier molecular flexibility index (Phi) is 10.2. The van der Waals surface area contributed by atoms with Gasteiger partial charge in [-0.25, -0.2) is 4.98 Å². The minimum atomic E-state index is -1.16. The van der Waals surface area contributed by atoms with Crippen LogP contribution in [0, 0.1) is 12.8 Å². The zero-order valence-corrected chi connectivity index (χ0v) is 24.7. The number of nitrogens with one attached hydrogen (secondary N) is 1. The molecular weight excluding hydrogens is 509 g/mol. The summed E-state index contributed by atoms with van der Waals surface area (Å²) >= 11 is 7.87. The van der Waals surface area contributed by atoms with E-state index in [-0.39, 0.29) is 54.7 Å². The van der Waals surface area contributed by atoms with E-state index in [0.717, 1.165) is 40.3 Å². The third-order valence-corrected chi connectivity index (χ3v) is 7.35. The number of nitrogens with zero attached hydrogens (tertiary/aromatic N) is 2. The van der Waals surface area contributed by atoms with Crippen LogP contribution < -0.4 is 40.0 Å². The number of carbonyl (C=O) groups excluding carboxylic acids is 2. The van der Waals surface area contributed by atoms with Gasteiger partial charge in [0, 0.05) is 36.5 Å². The number of amides is 1. The van der Waals surface area contributed by atoms with Crippen LogP contribution in [-0.4, -0.2) is 22.0 Å². The number of thiazole rings is 1. The average Bonchev–Trinajstić information content (AvgIpc) is 3.36. The van der Waals surface area contributed by atoms with Crippen LogP contribution in [0.4, 0.5) is 5.69 Å². The average molecular weight is 538 g/mol. The molecule has 0 aliphatic heterocycles. The van der Waals surface area contributed by atoms with Crippen molar-refractivity contribution in [1.82, 2.24) is 10.1 Å². The molecule has 1 aliphatic carbocycles. The first-order valence-corrected chi connectivity index (χ1v) is 13.1. The van der Waals surface area contributed by atoms with E-state index >= 15 is 0 Å². The van der Waals surface area contributed by atoms with Gasteiger partial charge < -0.3 is 19.7 Å². The van der Waals surface area contributed by atoms with Gasteiger partial charge in [0.2, 0.25) is 5.91 Å². The molecule has 1 aliphatic rings. The zero-order valence-electron chi connectivity index (χ0n) is 21.1. The van der Waals surface area contributed by atoms with Crippen LogP contribution in [0.1, 0.15) is 79.6 Å². The molecule has 1 saturated carbocycles. The summed E-state index contributed by atoms with van der Waals surface area (Å²) in [6.07, 6.45) is 4.85. The fourth-order valence-corrected chi connectivity index (χ4v) is 5.58. The quantitative estimate of drug-likeness (QED) is 0.376. The van der Waals surface area contributed by atoms with Gasteiger partial charge in [-0.2, -0.15) is 0 Å². The number of hydrogen-bond donors (Lipinski definition) is 1. The van der Waals surface area contributed by atoms with Gasteiger partial charge in [0.25, 0.3) is 0 Å². The van der Waals surface area contributed by atoms with Gasteiger partial charge in [-0.3, -0.25) is 4.79 Å². The van der Waals surface area contributed by atoms with Crippen LogP contribution in [0.2, 0.25) is 5.02 Å². The number of aromatic nitrogens is 2. The summed E-state index contributed by atoms with van der Waals surface area (Å²) < 4.78 is 5.83. The maximum absolute atomic E-state index is 13.0. The van der Waals surface area contributed by atoms with Crippen molar-refractivity contribution in [2.75, 3.05) is 5.32 Å². The molecule has 1 fully saturated rings. The fourth-order valence-electron chi connectivity index (χ4n) is 4.18. The van der Waals surface area contributed by atoms with E-state index in [1.807, 2.05) is 19.2 Å². The van der Waals surface area contributed by atoms with E-state index in [2.05, 4.69) is 29.3 Å². The monoisotopic (exact) mass is 537 g/mol. The largest absolute Gasteiger partial charge is 1.00 e. The van der Waals surface area contributed by atoms with Crippen LogP contribution >= 0.6 is 22.9 Å². The Morgan fingerprint density at radius 2 is 2.06 bits per heavy atom. The van der Waals surface area contributed by atoms with Crippen LogP contribution in [0.25, 0.3) is 10.6 Å². The summed E-state index contributed by atoms with van der Waals surface area (Å²) in [7, 11) is 0. The van der Waals surface area contributed by atoms with Crippen LogP contribution in [0.5, 0.6) is 0 Å². The Morgan fingerprint density at radius 1 is 1.31 bits per heavy atom. The molecule has 4 rings (SSSR count). The number of hydrogen-bond acceptors (Lipinski definition) is 7. The third-order valence-electron chi connectivity index (χ3n) is 6.02. The predicted molar refractivity (Wildman–Crippen MR) is 135 cm³/mol. The Morgan fingerprint density at radius 3 is 2.69 bits per heavy atom. The molecule has 2 aromatic heterocycles. The Balaban J connectivity index is 0.00000361. The number of benzene rings is 1. The smallest absolute Gasteiger partial charge is 0.550 e. The van der Waals surface area contributed by atoms with Crippen LogP contribution in [-0.2, 0) is 16.0 Å². The number of halogens is 1. The van der Waals surface area contributed by atoms with Crippen molar-refractivity contribution in [2.24, 2.45) is 5.92 Å². The van der Waals surface area contributed by atoms with Crippen LogP contribution in [0.15, 0.2) is 28.9 Å². The van der Waals surface area contributed by atoms with Crippen molar-refractivity contribution in [2.45, 2.75) is 71.1 Å². The van der Waals surface area contributed by atoms with Crippen molar-refractivity contribution < 1.29 is 48.8 Å². The molecule has 1 atom stereocenters. The maximum atomic E-state index is 13.0. The summed E-state index contributed by atoms with van der Waals surface area (Å²) in [5, 5.41) is 20.0. The van der Waals surface area contributed by atoms with Crippen molar-refractivity contribution >= 4 is 40.5 Å². The Labute approximate surface area is 242 Å². The molecule has 0 spiro atoms. The molecule has 0 saturated heterocycles. The minimum absolute atomic E-state index is 0. The predicted octanol–water partition coefficient (Wildman–Crippen LogP) is 2.48. The summed E-state index contributed by atoms with van der Waals surface area (Å²) in [6, 6.07) is 5.41. The summed E-state index contributed by atoms with van der Waals surface area (Å²) in [5.41, 5.74) is 3.15. The molecule has 0 bridgehead atoms. The van der Waals surface area contributed by atoms with Gasteiger partial charge in [-0.1, -0.05) is 36.7 Å². The first kappa shape index (κ1) is 28.9. The second-order valence-corrected chi connectivity index (χ2v) is 11.2. The molecule has 0 unspecified atom stereocenters. The van der Waals surface area contributed by atoms with E-state index < -0.39 is 11.9 Å². The fraction of sp³-hybridized carbons (Fsp3) is 0.462. The van der Waals surface area contributed by atoms with Gasteiger partial charge in [-0.05, 0) is 62.1 Å². The van der Waals surface area contributed by atoms with Crippen molar-refractivity contribution in [3.63, 3.8) is 0 Å². The molecule has 10 heteroatoms. The molecule has 7 nitrogen and oxygen atoms in total. The van der Waals surface area contributed by atoms with Gasteiger partial charge >= 0.3 is 29.6 Å². The topological polar surface area (TPSA) is 108 Å². The van der Waals surface area contributed by atoms with Gasteiger partial charge in [0.1, 0.15) is 0 Å². The zero-order chi connectivity index (χ0) is 25.1. The van der Waals surface area contributed by atoms with Gasteiger partial charge in [0.15, 0.2) is 5.76 Å². The first-order chi connectivity index (χ1) is 16.7. The summed E-state index contributed by atoms with van der Waals surface area (Å²) in [4.78, 5) is 29.7. The number of rotatable bonds is 11. The molecule has 0 radical (unpaired) electrons. The molecule has 36 heavy (non-hydrogen) atoms. The first-order valence-electron chi connectivity index (χ1n) is 11.9. The van der Waals surface area contributed by atoms with Crippen molar-refractivity contribution in [3.8, 4) is 10.6 Å². The van der Waals surface area contributed by atoms with Gasteiger partial charge in [0.05, 0.1) is 26.3 Å². The number of anilines is 1. The number of carboxylic acid groups (broad SMARTS) is 1. The Hall–Kier alpha value is -1.71. The van der Waals surface area contributed by atoms with E-state index in [1.54, 1.807) is 23.5 Å². The molecule has 1 aromatic carbocycles. The molecule has 1 N–H and O–H groups in total. The standard InChI is InChI=1S/C26H30ClN3O4S.Na/c1-14(2)10-22-28-13-20(35-22)26-24(16-5-6-16)25(30-34-26)17(7-9-23(32)33)12-21(31)29-19-8-4-15(3)11-18(19)27;/h4,8,11,13-14,16-17H,5-7,9-10,12H2,1-3H3,(H,29,31)(H,32,33);/q;+1/p-1/t17-;/m0./s1. The second kappa shape index (κ2) is 12.7. The SMILES string of the molecule is Cc1ccc(NC(=O)C[C@H](CCC(=O)[O-])c2noc(-c3cnc(CC(C)C)s3)c2C2CC2)c(Cl)c1.[Na+]. The van der Waals surface area contributed by atoms with E-state index in [1.165, 1.54) is 0 Å². The van der Waals surface area contributed by atoms with Crippen molar-refractivity contribution in [3.05, 3.63) is 51.2 Å². The van der Waals surface area contributed by atoms with E-state index in [0.29, 0.717) is 34.0 Å². The molecule has 1 amide bonds. The summed E-state index contributed by atoms with van der Waals surface area (Å²) in [6.45, 7) is 6.23. The molecule has 3 aromatic rings. The molecule has 186 valence electrons. The summed E-state index contributed by atoms with van der Waals surface area (Å²) in [5.74, 6) is -0.362. The number of carboxylic acids is 1. The number of carbonyl (C=O) groups is 2. The normalized spacial score (nSPS) is 13.9. The second-order valence-electron chi connectivity index (χ2n) is 9.64. The molecule has 2 heterocycles. The maximum Gasteiger partial charge on any atom is 1.00 e. The number of aliphatic carboxylic acids is 1. The Bertz CT molecular complexity index is 1220. The van der Waals surface area contributed by atoms with E-state index in [9.17, 15) is 14.7 Å². The van der Waals surface area contributed by atoms with Gasteiger partial charge in [-0.15, -0.1) is 11.3 Å². The minimum Gasteiger partial charge on any atom is -0.550 e. The van der Waals surface area contributed by atoms with Crippen molar-refractivity contribution in [1.29, 1.82) is 0 Å².